The lowest BCUT2D eigenvalue weighted by atomic mass is 9.78. The second-order valence-electron chi connectivity index (χ2n) is 6.38. The molecule has 2 aliphatic rings. The Kier molecular flexibility index (Phi) is 5.35. The number of carboxylic acid groups (broad SMARTS) is 1. The molecule has 0 radical (unpaired) electrons. The first-order valence-corrected chi connectivity index (χ1v) is 8.91. The van der Waals surface area contributed by atoms with Gasteiger partial charge < -0.3 is 26.6 Å². The van der Waals surface area contributed by atoms with Crippen molar-refractivity contribution in [3.63, 3.8) is 0 Å². The minimum absolute atomic E-state index is 0.0262. The van der Waals surface area contributed by atoms with E-state index in [2.05, 4.69) is 4.72 Å². The molecule has 12 heteroatoms. The molecule has 1 aliphatic carbocycles. The lowest BCUT2D eigenvalue weighted by molar-refractivity contribution is -0.144. The molecule has 1 heterocycles. The van der Waals surface area contributed by atoms with E-state index in [1.165, 1.54) is 0 Å². The van der Waals surface area contributed by atoms with Gasteiger partial charge >= 0.3 is 13.1 Å². The summed E-state index contributed by atoms with van der Waals surface area (Å²) in [5.74, 6) is -1.88. The van der Waals surface area contributed by atoms with Gasteiger partial charge in [0.25, 0.3) is 10.2 Å². The summed E-state index contributed by atoms with van der Waals surface area (Å²) in [7, 11) is -5.33. The number of carboxylic acids is 1. The lowest BCUT2D eigenvalue weighted by Gasteiger charge is -2.25. The lowest BCUT2D eigenvalue weighted by Crippen LogP contribution is -2.55. The third kappa shape index (κ3) is 4.21. The van der Waals surface area contributed by atoms with Crippen LogP contribution in [0, 0.1) is 5.92 Å². The normalized spacial score (nSPS) is 34.5. The molecule has 0 bridgehead atoms. The van der Waals surface area contributed by atoms with Crippen LogP contribution in [0.5, 0.6) is 0 Å². The zero-order chi connectivity index (χ0) is 17.4. The summed E-state index contributed by atoms with van der Waals surface area (Å²) in [6, 6.07) is -0.531. The fraction of sp³-hybridized carbons (Fsp3) is 0.909. The molecule has 0 amide bonds. The van der Waals surface area contributed by atoms with Crippen molar-refractivity contribution in [2.45, 2.75) is 43.2 Å². The van der Waals surface area contributed by atoms with Crippen molar-refractivity contribution in [2.24, 2.45) is 17.4 Å². The maximum Gasteiger partial charge on any atom is 0.451 e. The molecule has 1 saturated heterocycles. The molecule has 4 atom stereocenters. The van der Waals surface area contributed by atoms with E-state index in [9.17, 15) is 18.3 Å². The Labute approximate surface area is 135 Å². The fourth-order valence-corrected chi connectivity index (χ4v) is 4.39. The SMILES string of the molecule is N[C@H]1CC1NS(=O)(=O)N1C[C@H](CCCB(O)O)[C@](N)(C(=O)O)C1. The van der Waals surface area contributed by atoms with E-state index in [1.54, 1.807) is 0 Å². The Morgan fingerprint density at radius 1 is 1.43 bits per heavy atom. The monoisotopic (exact) mass is 350 g/mol. The molecule has 0 aromatic rings. The molecule has 132 valence electrons. The fourth-order valence-electron chi connectivity index (χ4n) is 2.83. The van der Waals surface area contributed by atoms with E-state index in [4.69, 9.17) is 21.5 Å². The third-order valence-corrected chi connectivity index (χ3v) is 6.04. The third-order valence-electron chi connectivity index (χ3n) is 4.48. The van der Waals surface area contributed by atoms with Gasteiger partial charge in [0.2, 0.25) is 0 Å². The Bertz CT molecular complexity index is 561. The van der Waals surface area contributed by atoms with Gasteiger partial charge in [-0.3, -0.25) is 4.79 Å². The van der Waals surface area contributed by atoms with Gasteiger partial charge in [0, 0.05) is 31.1 Å². The average Bonchev–Trinajstić information content (AvgIpc) is 2.96. The van der Waals surface area contributed by atoms with E-state index in [-0.39, 0.29) is 37.9 Å². The van der Waals surface area contributed by atoms with Crippen LogP contribution in [0.15, 0.2) is 0 Å². The molecule has 23 heavy (non-hydrogen) atoms. The number of nitrogens with zero attached hydrogens (tertiary/aromatic N) is 1. The van der Waals surface area contributed by atoms with Crippen molar-refractivity contribution < 1.29 is 28.4 Å². The van der Waals surface area contributed by atoms with E-state index in [0.29, 0.717) is 12.8 Å². The Morgan fingerprint density at radius 2 is 2.04 bits per heavy atom. The molecule has 0 aromatic carbocycles. The van der Waals surface area contributed by atoms with Crippen LogP contribution in [0.3, 0.4) is 0 Å². The van der Waals surface area contributed by atoms with Crippen LogP contribution < -0.4 is 16.2 Å². The van der Waals surface area contributed by atoms with Crippen molar-refractivity contribution in [2.75, 3.05) is 13.1 Å². The predicted octanol–water partition coefficient (Wildman–Crippen LogP) is -3.11. The summed E-state index contributed by atoms with van der Waals surface area (Å²) in [5.41, 5.74) is 9.83. The number of hydrogen-bond donors (Lipinski definition) is 6. The maximum atomic E-state index is 12.3. The first-order valence-electron chi connectivity index (χ1n) is 7.47. The highest BCUT2D eigenvalue weighted by Crippen LogP contribution is 2.32. The molecule has 2 rings (SSSR count). The van der Waals surface area contributed by atoms with E-state index >= 15 is 0 Å². The summed E-state index contributed by atoms with van der Waals surface area (Å²) < 4.78 is 28.1. The average molecular weight is 350 g/mol. The van der Waals surface area contributed by atoms with E-state index in [0.717, 1.165) is 4.31 Å². The van der Waals surface area contributed by atoms with Crippen molar-refractivity contribution >= 4 is 23.3 Å². The van der Waals surface area contributed by atoms with Gasteiger partial charge in [-0.1, -0.05) is 6.42 Å². The van der Waals surface area contributed by atoms with E-state index in [1.807, 2.05) is 0 Å². The summed E-state index contributed by atoms with van der Waals surface area (Å²) in [6.07, 6.45) is 1.25. The minimum Gasteiger partial charge on any atom is -0.480 e. The summed E-state index contributed by atoms with van der Waals surface area (Å²) >= 11 is 0. The zero-order valence-corrected chi connectivity index (χ0v) is 13.4. The molecule has 2 fully saturated rings. The van der Waals surface area contributed by atoms with Gasteiger partial charge in [-0.15, -0.1) is 0 Å². The highest BCUT2D eigenvalue weighted by Gasteiger charge is 2.53. The van der Waals surface area contributed by atoms with Gasteiger partial charge in [0.15, 0.2) is 0 Å². The predicted molar refractivity (Wildman–Crippen MR) is 82.3 cm³/mol. The molecule has 10 nitrogen and oxygen atoms in total. The molecule has 1 aliphatic heterocycles. The first-order chi connectivity index (χ1) is 10.6. The van der Waals surface area contributed by atoms with Crippen LogP contribution in [0.25, 0.3) is 0 Å². The van der Waals surface area contributed by atoms with Gasteiger partial charge in [-0.2, -0.15) is 17.4 Å². The number of hydrogen-bond acceptors (Lipinski definition) is 7. The maximum absolute atomic E-state index is 12.3. The van der Waals surface area contributed by atoms with Crippen molar-refractivity contribution in [1.82, 2.24) is 9.03 Å². The van der Waals surface area contributed by atoms with Crippen LogP contribution >= 0.6 is 0 Å². The number of nitrogens with two attached hydrogens (primary N) is 2. The molecule has 0 spiro atoms. The first kappa shape index (κ1) is 18.6. The van der Waals surface area contributed by atoms with Gasteiger partial charge in [0.05, 0.1) is 0 Å². The molecular formula is C11H23BN4O6S. The van der Waals surface area contributed by atoms with Crippen molar-refractivity contribution in [3.05, 3.63) is 0 Å². The topological polar surface area (TPSA) is 179 Å². The van der Waals surface area contributed by atoms with Gasteiger partial charge in [-0.25, -0.2) is 0 Å². The smallest absolute Gasteiger partial charge is 0.451 e. The molecule has 8 N–H and O–H groups in total. The van der Waals surface area contributed by atoms with Crippen molar-refractivity contribution in [1.29, 1.82) is 0 Å². The largest absolute Gasteiger partial charge is 0.480 e. The van der Waals surface area contributed by atoms with Crippen LogP contribution in [-0.2, 0) is 15.0 Å². The van der Waals surface area contributed by atoms with Crippen LogP contribution in [0.1, 0.15) is 19.3 Å². The summed E-state index contributed by atoms with van der Waals surface area (Å²) in [6.45, 7) is -0.354. The zero-order valence-electron chi connectivity index (χ0n) is 12.6. The second kappa shape index (κ2) is 6.63. The Balaban J connectivity index is 2.05. The molecule has 1 saturated carbocycles. The van der Waals surface area contributed by atoms with Crippen LogP contribution in [0.4, 0.5) is 0 Å². The number of nitrogens with one attached hydrogen (secondary N) is 1. The highest BCUT2D eigenvalue weighted by molar-refractivity contribution is 7.87. The standard InChI is InChI=1S/C11H23BN4O6S/c13-8-4-9(8)15-23(21,22)16-5-7(2-1-3-12(19)20)11(14,6-16)10(17)18/h7-9,15,19-20H,1-6,13-14H2,(H,17,18)/t7-,8-,9?,11-/m0/s1. The van der Waals surface area contributed by atoms with Gasteiger partial charge in [-0.05, 0) is 19.2 Å². The quantitative estimate of drug-likeness (QED) is 0.249. The molecule has 1 unspecified atom stereocenters. The summed E-state index contributed by atoms with van der Waals surface area (Å²) in [5, 5.41) is 27.1. The van der Waals surface area contributed by atoms with Crippen LogP contribution in [-0.4, -0.2) is 71.7 Å². The van der Waals surface area contributed by atoms with Crippen molar-refractivity contribution in [3.8, 4) is 0 Å². The van der Waals surface area contributed by atoms with E-state index < -0.39 is 34.8 Å². The summed E-state index contributed by atoms with van der Waals surface area (Å²) in [4.78, 5) is 11.5. The minimum atomic E-state index is -3.85. The second-order valence-corrected chi connectivity index (χ2v) is 8.08. The van der Waals surface area contributed by atoms with Gasteiger partial charge in [0.1, 0.15) is 5.54 Å². The molecular weight excluding hydrogens is 327 g/mol. The number of carbonyl (C=O) groups is 1. The Hall–Kier alpha value is -0.755. The Morgan fingerprint density at radius 3 is 2.52 bits per heavy atom. The van der Waals surface area contributed by atoms with Crippen LogP contribution in [0.2, 0.25) is 6.32 Å². The highest BCUT2D eigenvalue weighted by atomic mass is 32.2. The molecule has 0 aromatic heterocycles. The number of rotatable bonds is 8. The number of aliphatic carboxylic acids is 1.